The molecule has 0 spiro atoms. The van der Waals surface area contributed by atoms with Gasteiger partial charge in [-0.1, -0.05) is 26.7 Å². The Bertz CT molecular complexity index is 367. The summed E-state index contributed by atoms with van der Waals surface area (Å²) in [6.45, 7) is 5.93. The van der Waals surface area contributed by atoms with Crippen LogP contribution in [0.1, 0.15) is 50.7 Å². The van der Waals surface area contributed by atoms with Gasteiger partial charge < -0.3 is 9.47 Å². The lowest BCUT2D eigenvalue weighted by atomic mass is 10.1. The molecule has 0 atom stereocenters. The largest absolute Gasteiger partial charge is 0.490 e. The first-order chi connectivity index (χ1) is 9.35. The van der Waals surface area contributed by atoms with E-state index in [2.05, 4.69) is 26.0 Å². The molecule has 106 valence electrons. The van der Waals surface area contributed by atoms with E-state index in [9.17, 15) is 0 Å². The van der Waals surface area contributed by atoms with Crippen LogP contribution in [0.2, 0.25) is 0 Å². The molecule has 0 aromatic heterocycles. The maximum Gasteiger partial charge on any atom is 0.161 e. The zero-order valence-electron chi connectivity index (χ0n) is 12.0. The first kappa shape index (κ1) is 14.6. The molecule has 0 radical (unpaired) electrons. The number of rotatable bonds is 8. The van der Waals surface area contributed by atoms with Gasteiger partial charge in [-0.15, -0.1) is 0 Å². The molecule has 19 heavy (non-hydrogen) atoms. The Morgan fingerprint density at radius 2 is 1.37 bits per heavy atom. The Balaban J connectivity index is 2.07. The third-order valence-corrected chi connectivity index (χ3v) is 4.32. The van der Waals surface area contributed by atoms with Crippen molar-refractivity contribution in [3.63, 3.8) is 0 Å². The molecular formula is C16H24O2S. The van der Waals surface area contributed by atoms with Gasteiger partial charge in [0.2, 0.25) is 0 Å². The predicted molar refractivity (Wildman–Crippen MR) is 82.2 cm³/mol. The Hall–Kier alpha value is -0.830. The molecule has 2 rings (SSSR count). The Morgan fingerprint density at radius 1 is 0.895 bits per heavy atom. The molecule has 0 fully saturated rings. The number of thioether (sulfide) groups is 1. The SMILES string of the molecule is CCCCOc1cc2c(cc1OCCCC)CSC2. The fourth-order valence-electron chi connectivity index (χ4n) is 2.06. The highest BCUT2D eigenvalue weighted by Gasteiger charge is 2.16. The van der Waals surface area contributed by atoms with Gasteiger partial charge >= 0.3 is 0 Å². The van der Waals surface area contributed by atoms with Gasteiger partial charge in [-0.3, -0.25) is 0 Å². The van der Waals surface area contributed by atoms with Crippen LogP contribution in [-0.2, 0) is 11.5 Å². The fraction of sp³-hybridized carbons (Fsp3) is 0.625. The van der Waals surface area contributed by atoms with E-state index in [1.165, 1.54) is 11.1 Å². The number of benzene rings is 1. The number of unbranched alkanes of at least 4 members (excludes halogenated alkanes) is 2. The summed E-state index contributed by atoms with van der Waals surface area (Å²) in [5.74, 6) is 4.08. The van der Waals surface area contributed by atoms with Crippen LogP contribution in [0.3, 0.4) is 0 Å². The van der Waals surface area contributed by atoms with Gasteiger partial charge in [-0.2, -0.15) is 11.8 Å². The fourth-order valence-corrected chi connectivity index (χ4v) is 3.14. The molecule has 0 N–H and O–H groups in total. The Labute approximate surface area is 120 Å². The molecule has 0 unspecified atom stereocenters. The molecule has 1 aromatic carbocycles. The van der Waals surface area contributed by atoms with Gasteiger partial charge in [0.1, 0.15) is 0 Å². The second-order valence-corrected chi connectivity index (χ2v) is 5.95. The summed E-state index contributed by atoms with van der Waals surface area (Å²) >= 11 is 1.97. The van der Waals surface area contributed by atoms with Gasteiger partial charge in [-0.25, -0.2) is 0 Å². The number of ether oxygens (including phenoxy) is 2. The van der Waals surface area contributed by atoms with Crippen molar-refractivity contribution >= 4 is 11.8 Å². The lowest BCUT2D eigenvalue weighted by molar-refractivity contribution is 0.261. The predicted octanol–water partition coefficient (Wildman–Crippen LogP) is 4.79. The molecule has 1 aliphatic rings. The zero-order valence-corrected chi connectivity index (χ0v) is 12.9. The lowest BCUT2D eigenvalue weighted by Crippen LogP contribution is -2.03. The second-order valence-electron chi connectivity index (χ2n) is 4.96. The standard InChI is InChI=1S/C16H24O2S/c1-3-5-7-17-15-9-13-11-19-12-14(13)10-16(15)18-8-6-4-2/h9-10H,3-8,11-12H2,1-2H3. The summed E-state index contributed by atoms with van der Waals surface area (Å²) in [5, 5.41) is 0. The van der Waals surface area contributed by atoms with E-state index >= 15 is 0 Å². The molecule has 2 nitrogen and oxygen atoms in total. The summed E-state index contributed by atoms with van der Waals surface area (Å²) in [7, 11) is 0. The molecule has 0 bridgehead atoms. The minimum atomic E-state index is 0.784. The molecule has 0 saturated carbocycles. The normalized spacial score (nSPS) is 13.4. The molecule has 1 heterocycles. The Morgan fingerprint density at radius 3 is 1.79 bits per heavy atom. The van der Waals surface area contributed by atoms with E-state index in [-0.39, 0.29) is 0 Å². The third-order valence-electron chi connectivity index (χ3n) is 3.29. The lowest BCUT2D eigenvalue weighted by Gasteiger charge is -2.14. The summed E-state index contributed by atoms with van der Waals surface area (Å²) in [5.41, 5.74) is 2.83. The van der Waals surface area contributed by atoms with Crippen molar-refractivity contribution in [2.45, 2.75) is 51.0 Å². The van der Waals surface area contributed by atoms with Crippen LogP contribution in [0.5, 0.6) is 11.5 Å². The van der Waals surface area contributed by atoms with Crippen LogP contribution in [0.25, 0.3) is 0 Å². The van der Waals surface area contributed by atoms with Gasteiger partial charge in [0, 0.05) is 11.5 Å². The van der Waals surface area contributed by atoms with Crippen LogP contribution in [0.4, 0.5) is 0 Å². The van der Waals surface area contributed by atoms with E-state index in [1.807, 2.05) is 11.8 Å². The number of fused-ring (bicyclic) bond motifs is 1. The average molecular weight is 280 g/mol. The molecule has 0 saturated heterocycles. The Kier molecular flexibility index (Phi) is 5.90. The van der Waals surface area contributed by atoms with Crippen molar-refractivity contribution < 1.29 is 9.47 Å². The maximum absolute atomic E-state index is 5.90. The summed E-state index contributed by atoms with van der Waals surface area (Å²) in [6.07, 6.45) is 4.51. The van der Waals surface area contributed by atoms with E-state index in [4.69, 9.17) is 9.47 Å². The second kappa shape index (κ2) is 7.68. The van der Waals surface area contributed by atoms with Crippen molar-refractivity contribution in [1.82, 2.24) is 0 Å². The monoisotopic (exact) mass is 280 g/mol. The first-order valence-corrected chi connectivity index (χ1v) is 8.49. The number of hydrogen-bond donors (Lipinski definition) is 0. The average Bonchev–Trinajstić information content (AvgIpc) is 2.86. The minimum absolute atomic E-state index is 0.784. The van der Waals surface area contributed by atoms with E-state index in [1.54, 1.807) is 0 Å². The molecule has 3 heteroatoms. The van der Waals surface area contributed by atoms with Crippen molar-refractivity contribution in [1.29, 1.82) is 0 Å². The van der Waals surface area contributed by atoms with Crippen molar-refractivity contribution in [2.24, 2.45) is 0 Å². The van der Waals surface area contributed by atoms with Crippen molar-refractivity contribution in [3.8, 4) is 11.5 Å². The van der Waals surface area contributed by atoms with Crippen LogP contribution in [0.15, 0.2) is 12.1 Å². The quantitative estimate of drug-likeness (QED) is 0.638. The minimum Gasteiger partial charge on any atom is -0.490 e. The topological polar surface area (TPSA) is 18.5 Å². The number of hydrogen-bond acceptors (Lipinski definition) is 3. The highest BCUT2D eigenvalue weighted by atomic mass is 32.2. The molecule has 0 amide bonds. The highest BCUT2D eigenvalue weighted by molar-refractivity contribution is 7.98. The van der Waals surface area contributed by atoms with Crippen molar-refractivity contribution in [3.05, 3.63) is 23.3 Å². The van der Waals surface area contributed by atoms with Crippen molar-refractivity contribution in [2.75, 3.05) is 13.2 Å². The van der Waals surface area contributed by atoms with Gasteiger partial charge in [0.25, 0.3) is 0 Å². The van der Waals surface area contributed by atoms with Gasteiger partial charge in [0.05, 0.1) is 13.2 Å². The molecule has 0 aliphatic carbocycles. The van der Waals surface area contributed by atoms with Crippen LogP contribution >= 0.6 is 11.8 Å². The van der Waals surface area contributed by atoms with Crippen LogP contribution in [0, 0.1) is 0 Å². The van der Waals surface area contributed by atoms with Crippen LogP contribution < -0.4 is 9.47 Å². The highest BCUT2D eigenvalue weighted by Crippen LogP contribution is 2.38. The molecule has 1 aliphatic heterocycles. The summed E-state index contributed by atoms with van der Waals surface area (Å²) in [4.78, 5) is 0. The smallest absolute Gasteiger partial charge is 0.161 e. The van der Waals surface area contributed by atoms with E-state index in [0.717, 1.165) is 61.9 Å². The molecular weight excluding hydrogens is 256 g/mol. The summed E-state index contributed by atoms with van der Waals surface area (Å²) < 4.78 is 11.8. The zero-order chi connectivity index (χ0) is 13.5. The van der Waals surface area contributed by atoms with E-state index in [0.29, 0.717) is 0 Å². The first-order valence-electron chi connectivity index (χ1n) is 7.34. The van der Waals surface area contributed by atoms with E-state index < -0.39 is 0 Å². The van der Waals surface area contributed by atoms with Gasteiger partial charge in [0.15, 0.2) is 11.5 Å². The third kappa shape index (κ3) is 4.07. The molecule has 1 aromatic rings. The van der Waals surface area contributed by atoms with Gasteiger partial charge in [-0.05, 0) is 36.1 Å². The maximum atomic E-state index is 5.90. The van der Waals surface area contributed by atoms with Crippen LogP contribution in [-0.4, -0.2) is 13.2 Å². The summed E-state index contributed by atoms with van der Waals surface area (Å²) in [6, 6.07) is 4.37.